The largest absolute Gasteiger partial charge is 0.463 e. The van der Waals surface area contributed by atoms with Gasteiger partial charge in [-0.25, -0.2) is 4.79 Å². The molecule has 0 bridgehead atoms. The van der Waals surface area contributed by atoms with Crippen molar-refractivity contribution in [2.45, 2.75) is 46.1 Å². The summed E-state index contributed by atoms with van der Waals surface area (Å²) in [5.74, 6) is -0.902. The van der Waals surface area contributed by atoms with Crippen LogP contribution in [0.4, 0.5) is 0 Å². The molecule has 0 saturated carbocycles. The maximum absolute atomic E-state index is 11.3. The molecule has 0 aliphatic carbocycles. The summed E-state index contributed by atoms with van der Waals surface area (Å²) < 4.78 is 9.70. The monoisotopic (exact) mass is 202 g/mol. The number of esters is 2. The fraction of sp³-hybridized carbons (Fsp3) is 0.800. The van der Waals surface area contributed by atoms with Gasteiger partial charge in [-0.1, -0.05) is 20.3 Å². The Morgan fingerprint density at radius 3 is 2.36 bits per heavy atom. The van der Waals surface area contributed by atoms with Crippen molar-refractivity contribution in [2.24, 2.45) is 0 Å². The lowest BCUT2D eigenvalue weighted by atomic mass is 10.3. The standard InChI is InChI=1S/C10H18O4/c1-4-6-7-13-10(12)9(5-2)14-8(3)11/h9H,4-7H2,1-3H3. The molecule has 0 rings (SSSR count). The molecule has 4 nitrogen and oxygen atoms in total. The minimum Gasteiger partial charge on any atom is -0.463 e. The molecule has 0 fully saturated rings. The molecular weight excluding hydrogens is 184 g/mol. The van der Waals surface area contributed by atoms with Crippen LogP contribution in [0, 0.1) is 0 Å². The van der Waals surface area contributed by atoms with Gasteiger partial charge in [-0.15, -0.1) is 0 Å². The highest BCUT2D eigenvalue weighted by Crippen LogP contribution is 2.02. The van der Waals surface area contributed by atoms with Gasteiger partial charge in [0.2, 0.25) is 0 Å². The van der Waals surface area contributed by atoms with Crippen LogP contribution in [0.1, 0.15) is 40.0 Å². The molecule has 82 valence electrons. The lowest BCUT2D eigenvalue weighted by molar-refractivity contribution is -0.166. The van der Waals surface area contributed by atoms with Gasteiger partial charge >= 0.3 is 11.9 Å². The van der Waals surface area contributed by atoms with Crippen molar-refractivity contribution < 1.29 is 19.1 Å². The summed E-state index contributed by atoms with van der Waals surface area (Å²) in [5.41, 5.74) is 0. The van der Waals surface area contributed by atoms with Crippen molar-refractivity contribution in [3.8, 4) is 0 Å². The first kappa shape index (κ1) is 12.9. The summed E-state index contributed by atoms with van der Waals surface area (Å²) in [4.78, 5) is 21.9. The molecule has 0 aliphatic rings. The van der Waals surface area contributed by atoms with Crippen LogP contribution in [0.5, 0.6) is 0 Å². The normalized spacial score (nSPS) is 11.9. The van der Waals surface area contributed by atoms with Gasteiger partial charge in [0, 0.05) is 6.92 Å². The van der Waals surface area contributed by atoms with Crippen LogP contribution in [0.3, 0.4) is 0 Å². The van der Waals surface area contributed by atoms with Gasteiger partial charge in [0.05, 0.1) is 6.61 Å². The molecule has 0 N–H and O–H groups in total. The first-order chi connectivity index (χ1) is 6.61. The highest BCUT2D eigenvalue weighted by molar-refractivity contribution is 5.78. The van der Waals surface area contributed by atoms with E-state index in [1.165, 1.54) is 6.92 Å². The van der Waals surface area contributed by atoms with Gasteiger partial charge in [-0.2, -0.15) is 0 Å². The number of carbonyl (C=O) groups is 2. The molecule has 0 aromatic heterocycles. The molecule has 4 heteroatoms. The summed E-state index contributed by atoms with van der Waals surface area (Å²) in [6, 6.07) is 0. The Balaban J connectivity index is 3.85. The van der Waals surface area contributed by atoms with Crippen LogP contribution in [0.15, 0.2) is 0 Å². The highest BCUT2D eigenvalue weighted by atomic mass is 16.6. The van der Waals surface area contributed by atoms with E-state index in [1.54, 1.807) is 6.92 Å². The van der Waals surface area contributed by atoms with Crippen LogP contribution < -0.4 is 0 Å². The van der Waals surface area contributed by atoms with E-state index in [4.69, 9.17) is 9.47 Å². The minimum absolute atomic E-state index is 0.396. The quantitative estimate of drug-likeness (QED) is 0.485. The van der Waals surface area contributed by atoms with Crippen molar-refractivity contribution in [3.63, 3.8) is 0 Å². The SMILES string of the molecule is CCCCOC(=O)C(CC)OC(C)=O. The number of ether oxygens (including phenoxy) is 2. The van der Waals surface area contributed by atoms with E-state index < -0.39 is 18.0 Å². The summed E-state index contributed by atoms with van der Waals surface area (Å²) in [6.45, 7) is 5.46. The van der Waals surface area contributed by atoms with Gasteiger partial charge in [-0.05, 0) is 12.8 Å². The van der Waals surface area contributed by atoms with Gasteiger partial charge in [-0.3, -0.25) is 4.79 Å². The van der Waals surface area contributed by atoms with Gasteiger partial charge < -0.3 is 9.47 Å². The lowest BCUT2D eigenvalue weighted by Crippen LogP contribution is -2.27. The van der Waals surface area contributed by atoms with Gasteiger partial charge in [0.25, 0.3) is 0 Å². The maximum Gasteiger partial charge on any atom is 0.347 e. The zero-order chi connectivity index (χ0) is 11.0. The second-order valence-corrected chi connectivity index (χ2v) is 3.03. The van der Waals surface area contributed by atoms with E-state index in [2.05, 4.69) is 0 Å². The van der Waals surface area contributed by atoms with Crippen LogP contribution in [-0.4, -0.2) is 24.6 Å². The zero-order valence-corrected chi connectivity index (χ0v) is 9.04. The Bertz CT molecular complexity index is 189. The predicted molar refractivity (Wildman–Crippen MR) is 51.7 cm³/mol. The molecule has 1 atom stereocenters. The second kappa shape index (κ2) is 7.35. The Kier molecular flexibility index (Phi) is 6.80. The van der Waals surface area contributed by atoms with Crippen LogP contribution in [-0.2, 0) is 19.1 Å². The highest BCUT2D eigenvalue weighted by Gasteiger charge is 2.20. The summed E-state index contributed by atoms with van der Waals surface area (Å²) in [6.07, 6.45) is 1.51. The second-order valence-electron chi connectivity index (χ2n) is 3.03. The fourth-order valence-corrected chi connectivity index (χ4v) is 0.908. The first-order valence-corrected chi connectivity index (χ1v) is 4.95. The summed E-state index contributed by atoms with van der Waals surface area (Å²) in [5, 5.41) is 0. The Labute approximate surface area is 84.6 Å². The molecule has 0 heterocycles. The third kappa shape index (κ3) is 5.56. The zero-order valence-electron chi connectivity index (χ0n) is 9.04. The van der Waals surface area contributed by atoms with Crippen LogP contribution in [0.2, 0.25) is 0 Å². The maximum atomic E-state index is 11.3. The van der Waals surface area contributed by atoms with E-state index in [0.717, 1.165) is 12.8 Å². The Hall–Kier alpha value is -1.06. The Morgan fingerprint density at radius 1 is 1.29 bits per heavy atom. The molecule has 0 radical (unpaired) electrons. The van der Waals surface area contributed by atoms with E-state index in [0.29, 0.717) is 13.0 Å². The van der Waals surface area contributed by atoms with Crippen molar-refractivity contribution in [1.82, 2.24) is 0 Å². The van der Waals surface area contributed by atoms with Crippen molar-refractivity contribution in [1.29, 1.82) is 0 Å². The van der Waals surface area contributed by atoms with Gasteiger partial charge in [0.1, 0.15) is 0 Å². The summed E-state index contributed by atoms with van der Waals surface area (Å²) in [7, 11) is 0. The molecular formula is C10H18O4. The molecule has 14 heavy (non-hydrogen) atoms. The lowest BCUT2D eigenvalue weighted by Gasteiger charge is -2.13. The molecule has 1 unspecified atom stereocenters. The fourth-order valence-electron chi connectivity index (χ4n) is 0.908. The number of rotatable bonds is 6. The number of hydrogen-bond acceptors (Lipinski definition) is 4. The average molecular weight is 202 g/mol. The molecule has 0 spiro atoms. The molecule has 0 aromatic carbocycles. The minimum atomic E-state index is -0.746. The van der Waals surface area contributed by atoms with Gasteiger partial charge in [0.15, 0.2) is 6.10 Å². The predicted octanol–water partition coefficient (Wildman–Crippen LogP) is 1.67. The third-order valence-corrected chi connectivity index (χ3v) is 1.68. The van der Waals surface area contributed by atoms with Crippen molar-refractivity contribution in [3.05, 3.63) is 0 Å². The smallest absolute Gasteiger partial charge is 0.347 e. The number of hydrogen-bond donors (Lipinski definition) is 0. The van der Waals surface area contributed by atoms with E-state index in [-0.39, 0.29) is 0 Å². The van der Waals surface area contributed by atoms with Crippen molar-refractivity contribution in [2.75, 3.05) is 6.61 Å². The number of unbranched alkanes of at least 4 members (excludes halogenated alkanes) is 1. The van der Waals surface area contributed by atoms with Crippen LogP contribution in [0.25, 0.3) is 0 Å². The molecule has 0 saturated heterocycles. The van der Waals surface area contributed by atoms with Crippen molar-refractivity contribution >= 4 is 11.9 Å². The summed E-state index contributed by atoms with van der Waals surface area (Å²) >= 11 is 0. The first-order valence-electron chi connectivity index (χ1n) is 4.95. The van der Waals surface area contributed by atoms with E-state index >= 15 is 0 Å². The molecule has 0 amide bonds. The molecule has 0 aliphatic heterocycles. The topological polar surface area (TPSA) is 52.6 Å². The average Bonchev–Trinajstić information content (AvgIpc) is 2.14. The van der Waals surface area contributed by atoms with E-state index in [1.807, 2.05) is 6.92 Å². The van der Waals surface area contributed by atoms with Crippen LogP contribution >= 0.6 is 0 Å². The van der Waals surface area contributed by atoms with E-state index in [9.17, 15) is 9.59 Å². The third-order valence-electron chi connectivity index (χ3n) is 1.68. The number of carbonyl (C=O) groups excluding carboxylic acids is 2. The Morgan fingerprint density at radius 2 is 1.93 bits per heavy atom. The molecule has 0 aromatic rings.